The van der Waals surface area contributed by atoms with Crippen molar-refractivity contribution in [1.29, 1.82) is 5.26 Å². The van der Waals surface area contributed by atoms with Crippen LogP contribution in [0, 0.1) is 11.3 Å². The molecule has 2 N–H and O–H groups in total. The van der Waals surface area contributed by atoms with Crippen molar-refractivity contribution >= 4 is 10.0 Å². The first-order valence-electron chi connectivity index (χ1n) is 3.82. The van der Waals surface area contributed by atoms with Crippen molar-refractivity contribution in [2.75, 3.05) is 0 Å². The van der Waals surface area contributed by atoms with Gasteiger partial charge >= 0.3 is 6.36 Å². The Labute approximate surface area is 93.5 Å². The van der Waals surface area contributed by atoms with Gasteiger partial charge in [0.25, 0.3) is 0 Å². The lowest BCUT2D eigenvalue weighted by molar-refractivity contribution is -0.275. The summed E-state index contributed by atoms with van der Waals surface area (Å²) in [6, 6.07) is 1.97. The number of nitriles is 1. The molecule has 0 aliphatic rings. The SMILES string of the molecule is N#Cc1cc(OC(F)(F)F)c(S(N)(=O)=O)cn1. The van der Waals surface area contributed by atoms with Gasteiger partial charge in [-0.15, -0.1) is 13.2 Å². The van der Waals surface area contributed by atoms with Crippen molar-refractivity contribution in [2.45, 2.75) is 11.3 Å². The maximum Gasteiger partial charge on any atom is 0.573 e. The Kier molecular flexibility index (Phi) is 3.25. The summed E-state index contributed by atoms with van der Waals surface area (Å²) in [5, 5.41) is 13.1. The maximum atomic E-state index is 12.0. The number of hydrogen-bond acceptors (Lipinski definition) is 5. The number of hydrogen-bond donors (Lipinski definition) is 1. The Balaban J connectivity index is 3.38. The van der Waals surface area contributed by atoms with Crippen LogP contribution in [0.3, 0.4) is 0 Å². The topological polar surface area (TPSA) is 106 Å². The van der Waals surface area contributed by atoms with Gasteiger partial charge in [-0.05, 0) is 0 Å². The normalized spacial score (nSPS) is 11.9. The van der Waals surface area contributed by atoms with E-state index in [0.717, 1.165) is 0 Å². The number of ether oxygens (including phenoxy) is 1. The molecule has 1 heterocycles. The minimum atomic E-state index is -5.10. The fraction of sp³-hybridized carbons (Fsp3) is 0.143. The van der Waals surface area contributed by atoms with Crippen LogP contribution in [-0.4, -0.2) is 19.8 Å². The molecule has 92 valence electrons. The third-order valence-electron chi connectivity index (χ3n) is 1.48. The zero-order chi connectivity index (χ0) is 13.3. The van der Waals surface area contributed by atoms with E-state index >= 15 is 0 Å². The van der Waals surface area contributed by atoms with Gasteiger partial charge in [0.2, 0.25) is 10.0 Å². The first-order valence-corrected chi connectivity index (χ1v) is 5.37. The largest absolute Gasteiger partial charge is 0.573 e. The molecule has 17 heavy (non-hydrogen) atoms. The third-order valence-corrected chi connectivity index (χ3v) is 2.40. The highest BCUT2D eigenvalue weighted by Gasteiger charge is 2.34. The maximum absolute atomic E-state index is 12.0. The quantitative estimate of drug-likeness (QED) is 0.839. The van der Waals surface area contributed by atoms with Crippen molar-refractivity contribution in [2.24, 2.45) is 5.14 Å². The Hall–Kier alpha value is -1.86. The van der Waals surface area contributed by atoms with E-state index in [-0.39, 0.29) is 0 Å². The molecule has 10 heteroatoms. The summed E-state index contributed by atoms with van der Waals surface area (Å²) in [5.74, 6) is -1.09. The molecule has 1 aromatic heterocycles. The Bertz CT molecular complexity index is 576. The first-order chi connectivity index (χ1) is 7.63. The van der Waals surface area contributed by atoms with E-state index in [9.17, 15) is 21.6 Å². The van der Waals surface area contributed by atoms with Crippen molar-refractivity contribution in [1.82, 2.24) is 4.98 Å². The van der Waals surface area contributed by atoms with Crippen LogP contribution < -0.4 is 9.88 Å². The predicted molar refractivity (Wildman–Crippen MR) is 47.0 cm³/mol. The van der Waals surface area contributed by atoms with Crippen LogP contribution in [0.1, 0.15) is 5.69 Å². The van der Waals surface area contributed by atoms with E-state index in [0.29, 0.717) is 12.3 Å². The van der Waals surface area contributed by atoms with Crippen LogP contribution in [-0.2, 0) is 10.0 Å². The summed E-state index contributed by atoms with van der Waals surface area (Å²) in [5.41, 5.74) is -0.434. The average molecular weight is 267 g/mol. The lowest BCUT2D eigenvalue weighted by Gasteiger charge is -2.11. The molecule has 0 bridgehead atoms. The molecule has 1 rings (SSSR count). The third kappa shape index (κ3) is 3.58. The lowest BCUT2D eigenvalue weighted by Crippen LogP contribution is -2.21. The highest BCUT2D eigenvalue weighted by Crippen LogP contribution is 2.28. The van der Waals surface area contributed by atoms with Gasteiger partial charge in [0.05, 0.1) is 6.20 Å². The molecule has 0 amide bonds. The van der Waals surface area contributed by atoms with Crippen molar-refractivity contribution < 1.29 is 26.3 Å². The van der Waals surface area contributed by atoms with Crippen LogP contribution in [0.2, 0.25) is 0 Å². The Morgan fingerprint density at radius 3 is 2.47 bits per heavy atom. The molecule has 0 fully saturated rings. The number of rotatable bonds is 2. The van der Waals surface area contributed by atoms with E-state index in [4.69, 9.17) is 5.26 Å². The number of nitrogens with two attached hydrogens (primary N) is 1. The molecule has 0 saturated carbocycles. The minimum absolute atomic E-state index is 0.434. The summed E-state index contributed by atoms with van der Waals surface area (Å²) in [7, 11) is -4.43. The summed E-state index contributed by atoms with van der Waals surface area (Å²) in [6.45, 7) is 0. The number of alkyl halides is 3. The van der Waals surface area contributed by atoms with E-state index in [1.165, 1.54) is 6.07 Å². The second kappa shape index (κ2) is 4.19. The molecular weight excluding hydrogens is 263 g/mol. The van der Waals surface area contributed by atoms with Crippen LogP contribution in [0.5, 0.6) is 5.75 Å². The van der Waals surface area contributed by atoms with Crippen LogP contribution in [0.4, 0.5) is 13.2 Å². The summed E-state index contributed by atoms with van der Waals surface area (Å²) in [6.07, 6.45) is -4.58. The number of sulfonamides is 1. The van der Waals surface area contributed by atoms with Gasteiger partial charge in [-0.25, -0.2) is 18.5 Å². The smallest absolute Gasteiger partial charge is 0.404 e. The van der Waals surface area contributed by atoms with Crippen molar-refractivity contribution in [3.63, 3.8) is 0 Å². The standard InChI is InChI=1S/C7H4F3N3O3S/c8-7(9,10)16-5-1-4(2-11)13-3-6(5)17(12,14)15/h1,3H,(H2,12,14,15). The summed E-state index contributed by atoms with van der Waals surface area (Å²) in [4.78, 5) is 2.34. The first kappa shape index (κ1) is 13.2. The van der Waals surface area contributed by atoms with E-state index < -0.39 is 32.7 Å². The molecule has 0 aliphatic carbocycles. The lowest BCUT2D eigenvalue weighted by atomic mass is 10.3. The Morgan fingerprint density at radius 2 is 2.06 bits per heavy atom. The molecule has 0 saturated heterocycles. The van der Waals surface area contributed by atoms with E-state index in [1.54, 1.807) is 0 Å². The molecule has 0 unspecified atom stereocenters. The van der Waals surface area contributed by atoms with Crippen LogP contribution >= 0.6 is 0 Å². The van der Waals surface area contributed by atoms with E-state index in [2.05, 4.69) is 14.9 Å². The highest BCUT2D eigenvalue weighted by molar-refractivity contribution is 7.89. The number of halogens is 3. The van der Waals surface area contributed by atoms with Crippen LogP contribution in [0.15, 0.2) is 17.2 Å². The second-order valence-electron chi connectivity index (χ2n) is 2.72. The van der Waals surface area contributed by atoms with Gasteiger partial charge in [0.1, 0.15) is 16.7 Å². The monoisotopic (exact) mass is 267 g/mol. The number of pyridine rings is 1. The average Bonchev–Trinajstić information content (AvgIpc) is 2.13. The number of nitrogens with zero attached hydrogens (tertiary/aromatic N) is 2. The molecule has 1 aromatic rings. The molecule has 0 radical (unpaired) electrons. The van der Waals surface area contributed by atoms with Gasteiger partial charge in [-0.1, -0.05) is 0 Å². The molecule has 0 atom stereocenters. The van der Waals surface area contributed by atoms with Gasteiger partial charge < -0.3 is 4.74 Å². The van der Waals surface area contributed by atoms with Gasteiger partial charge in [0.15, 0.2) is 5.75 Å². The molecule has 6 nitrogen and oxygen atoms in total. The fourth-order valence-electron chi connectivity index (χ4n) is 0.904. The zero-order valence-corrected chi connectivity index (χ0v) is 8.71. The van der Waals surface area contributed by atoms with Gasteiger partial charge in [-0.3, -0.25) is 0 Å². The highest BCUT2D eigenvalue weighted by atomic mass is 32.2. The molecule has 0 aromatic carbocycles. The van der Waals surface area contributed by atoms with Crippen molar-refractivity contribution in [3.8, 4) is 11.8 Å². The number of primary sulfonamides is 1. The molecule has 0 aliphatic heterocycles. The summed E-state index contributed by atoms with van der Waals surface area (Å²) >= 11 is 0. The van der Waals surface area contributed by atoms with Crippen molar-refractivity contribution in [3.05, 3.63) is 18.0 Å². The Morgan fingerprint density at radius 1 is 1.47 bits per heavy atom. The van der Waals surface area contributed by atoms with Gasteiger partial charge in [0, 0.05) is 6.07 Å². The molecular formula is C7H4F3N3O3S. The second-order valence-corrected chi connectivity index (χ2v) is 4.25. The summed E-state index contributed by atoms with van der Waals surface area (Å²) < 4.78 is 61.3. The van der Waals surface area contributed by atoms with E-state index in [1.807, 2.05) is 0 Å². The predicted octanol–water partition coefficient (Wildman–Crippen LogP) is 0.499. The molecule has 0 spiro atoms. The minimum Gasteiger partial charge on any atom is -0.404 e. The zero-order valence-electron chi connectivity index (χ0n) is 7.89. The fourth-order valence-corrected chi connectivity index (χ4v) is 1.48. The van der Waals surface area contributed by atoms with Crippen LogP contribution in [0.25, 0.3) is 0 Å². The number of aromatic nitrogens is 1. The van der Waals surface area contributed by atoms with Gasteiger partial charge in [-0.2, -0.15) is 5.26 Å².